The first-order valence-electron chi connectivity index (χ1n) is 18.3. The standard InChI is InChI=1S/C40H38N5O14P/c1-25-35-34(26(2)41-33(46)22-42(3)40(49)56-24-28-16-20-30(21-17-28)45(52)53)38(47)43(35)36(39(48)55-23-27-14-18-29(19-15-27)44(50)51)37(25)59-60(54,57-31-10-6-4-7-11-31)58-32-12-8-5-9-13-32/h4-21,25-26,34-35H,22-24H2,1-3H3,(H,41,46)/t25-,26-,34-,35-/m1/s1. The monoisotopic (exact) mass is 843 g/mol. The normalized spacial score (nSPS) is 17.4. The number of phosphoric acid groups is 1. The van der Waals surface area contributed by atoms with Crippen LogP contribution in [0, 0.1) is 32.1 Å². The number of non-ortho nitro benzene ring substituents is 2. The number of hydrogen-bond donors (Lipinski definition) is 1. The average molecular weight is 844 g/mol. The predicted molar refractivity (Wildman–Crippen MR) is 210 cm³/mol. The van der Waals surface area contributed by atoms with Crippen LogP contribution in [0.25, 0.3) is 0 Å². The van der Waals surface area contributed by atoms with E-state index < -0.39 is 72.0 Å². The molecule has 1 saturated heterocycles. The SMILES string of the molecule is C[C@@H](NC(=O)CN(C)C(=O)OCc1ccc([N+](=O)[O-])cc1)[C@H]1C(=O)N2C(C(=O)OCc3ccc([N+](=O)[O-])cc3)=C(OP(=O)(Oc3ccccc3)Oc3ccccc3)[C@H](C)[C@H]12. The number of ether oxygens (including phenoxy) is 2. The molecule has 2 aliphatic rings. The van der Waals surface area contributed by atoms with E-state index in [2.05, 4.69) is 5.32 Å². The van der Waals surface area contributed by atoms with Gasteiger partial charge in [-0.1, -0.05) is 43.3 Å². The summed E-state index contributed by atoms with van der Waals surface area (Å²) in [6.45, 7) is 2.18. The molecule has 6 rings (SSSR count). The second-order valence-corrected chi connectivity index (χ2v) is 15.2. The number of phosphoric ester groups is 1. The van der Waals surface area contributed by atoms with E-state index in [0.717, 1.165) is 9.80 Å². The van der Waals surface area contributed by atoms with Crippen molar-refractivity contribution in [2.75, 3.05) is 13.6 Å². The number of amides is 3. The molecule has 60 heavy (non-hydrogen) atoms. The number of nitro groups is 2. The number of nitrogens with zero attached hydrogens (tertiary/aromatic N) is 4. The van der Waals surface area contributed by atoms with E-state index >= 15 is 0 Å². The molecular formula is C40H38N5O14P. The van der Waals surface area contributed by atoms with Crippen LogP contribution in [0.2, 0.25) is 0 Å². The number of nitro benzene ring substituents is 2. The third kappa shape index (κ3) is 9.70. The quantitative estimate of drug-likeness (QED) is 0.0404. The van der Waals surface area contributed by atoms with Gasteiger partial charge in [-0.25, -0.2) is 9.59 Å². The van der Waals surface area contributed by atoms with Gasteiger partial charge < -0.3 is 33.3 Å². The zero-order chi connectivity index (χ0) is 43.1. The van der Waals surface area contributed by atoms with Gasteiger partial charge in [-0.15, -0.1) is 0 Å². The number of likely N-dealkylation sites (N-methyl/N-ethyl adjacent to an activating group) is 1. The number of carbonyl (C=O) groups is 4. The molecule has 4 aromatic rings. The molecule has 0 aromatic heterocycles. The fourth-order valence-corrected chi connectivity index (χ4v) is 7.98. The first-order chi connectivity index (χ1) is 28.6. The third-order valence-electron chi connectivity index (χ3n) is 9.56. The number of fused-ring (bicyclic) bond motifs is 1. The number of carbonyl (C=O) groups excluding carboxylic acids is 4. The molecule has 2 heterocycles. The van der Waals surface area contributed by atoms with Gasteiger partial charge >= 0.3 is 19.9 Å². The molecular weight excluding hydrogens is 805 g/mol. The summed E-state index contributed by atoms with van der Waals surface area (Å²) in [5, 5.41) is 24.8. The van der Waals surface area contributed by atoms with E-state index in [-0.39, 0.29) is 47.5 Å². The van der Waals surface area contributed by atoms with Gasteiger partial charge in [0.05, 0.1) is 21.8 Å². The Morgan fingerprint density at radius 1 is 0.783 bits per heavy atom. The van der Waals surface area contributed by atoms with Crippen LogP contribution < -0.4 is 14.4 Å². The Balaban J connectivity index is 1.19. The average Bonchev–Trinajstić information content (AvgIpc) is 3.46. The van der Waals surface area contributed by atoms with Crippen LogP contribution in [-0.2, 0) is 46.2 Å². The minimum absolute atomic E-state index is 0.110. The molecule has 0 radical (unpaired) electrons. The van der Waals surface area contributed by atoms with E-state index in [0.29, 0.717) is 11.1 Å². The van der Waals surface area contributed by atoms with Crippen molar-refractivity contribution in [1.82, 2.24) is 15.1 Å². The Labute approximate surface area is 342 Å². The molecule has 20 heteroatoms. The maximum Gasteiger partial charge on any atom is 0.646 e. The summed E-state index contributed by atoms with van der Waals surface area (Å²) in [5.41, 5.74) is 0.207. The van der Waals surface area contributed by atoms with Crippen molar-refractivity contribution in [2.45, 2.75) is 39.1 Å². The Kier molecular flexibility index (Phi) is 12.8. The highest BCUT2D eigenvalue weighted by Crippen LogP contribution is 2.57. The molecule has 19 nitrogen and oxygen atoms in total. The summed E-state index contributed by atoms with van der Waals surface area (Å²) < 4.78 is 43.0. The highest BCUT2D eigenvalue weighted by molar-refractivity contribution is 7.49. The van der Waals surface area contributed by atoms with Crippen LogP contribution >= 0.6 is 7.82 Å². The lowest BCUT2D eigenvalue weighted by atomic mass is 9.77. The molecule has 312 valence electrons. The van der Waals surface area contributed by atoms with Crippen LogP contribution in [0.5, 0.6) is 11.5 Å². The van der Waals surface area contributed by atoms with Crippen LogP contribution in [0.15, 0.2) is 121 Å². The zero-order valence-corrected chi connectivity index (χ0v) is 33.2. The lowest BCUT2D eigenvalue weighted by Crippen LogP contribution is -2.66. The largest absolute Gasteiger partial charge is 0.646 e. The molecule has 0 unspecified atom stereocenters. The molecule has 4 aromatic carbocycles. The number of β-lactam (4-membered cyclic amide) rings is 1. The zero-order valence-electron chi connectivity index (χ0n) is 32.3. The highest BCUT2D eigenvalue weighted by atomic mass is 31.2. The number of rotatable bonds is 17. The second-order valence-electron chi connectivity index (χ2n) is 13.8. The van der Waals surface area contributed by atoms with Crippen molar-refractivity contribution in [1.29, 1.82) is 0 Å². The van der Waals surface area contributed by atoms with Crippen LogP contribution in [-0.4, -0.2) is 69.2 Å². The minimum atomic E-state index is -4.70. The van der Waals surface area contributed by atoms with Crippen LogP contribution in [0.1, 0.15) is 25.0 Å². The van der Waals surface area contributed by atoms with E-state index in [9.17, 15) is 44.0 Å². The summed E-state index contributed by atoms with van der Waals surface area (Å²) in [7, 11) is -3.37. The number of hydrogen-bond acceptors (Lipinski definition) is 14. The van der Waals surface area contributed by atoms with Gasteiger partial charge in [-0.3, -0.25) is 34.7 Å². The lowest BCUT2D eigenvalue weighted by Gasteiger charge is -2.47. The van der Waals surface area contributed by atoms with E-state index in [1.54, 1.807) is 50.2 Å². The fourth-order valence-electron chi connectivity index (χ4n) is 6.62. The second kappa shape index (κ2) is 18.1. The Bertz CT molecular complexity index is 2300. The highest BCUT2D eigenvalue weighted by Gasteiger charge is 2.62. The molecule has 0 aliphatic carbocycles. The van der Waals surface area contributed by atoms with Gasteiger partial charge in [0, 0.05) is 43.3 Å². The van der Waals surface area contributed by atoms with Crippen molar-refractivity contribution in [3.05, 3.63) is 152 Å². The number of nitrogens with one attached hydrogen (secondary N) is 1. The van der Waals surface area contributed by atoms with Gasteiger partial charge in [-0.05, 0) is 66.6 Å². The van der Waals surface area contributed by atoms with Crippen LogP contribution in [0.4, 0.5) is 16.2 Å². The summed E-state index contributed by atoms with van der Waals surface area (Å²) in [6, 6.07) is 25.0. The third-order valence-corrected chi connectivity index (χ3v) is 10.8. The summed E-state index contributed by atoms with van der Waals surface area (Å²) in [6.07, 6.45) is -0.853. The molecule has 3 amide bonds. The van der Waals surface area contributed by atoms with Crippen molar-refractivity contribution < 1.29 is 56.6 Å². The van der Waals surface area contributed by atoms with Crippen LogP contribution in [0.3, 0.4) is 0 Å². The Hall–Kier alpha value is -7.27. The fraction of sp³-hybridized carbons (Fsp3) is 0.250. The molecule has 1 N–H and O–H groups in total. The van der Waals surface area contributed by atoms with E-state index in [4.69, 9.17) is 23.0 Å². The van der Waals surface area contributed by atoms with Gasteiger partial charge in [0.15, 0.2) is 5.70 Å². The number of esters is 1. The molecule has 4 atom stereocenters. The maximum absolute atomic E-state index is 14.6. The van der Waals surface area contributed by atoms with Gasteiger partial charge in [0.1, 0.15) is 37.0 Å². The van der Waals surface area contributed by atoms with Crippen molar-refractivity contribution in [3.8, 4) is 11.5 Å². The van der Waals surface area contributed by atoms with E-state index in [1.165, 1.54) is 79.8 Å². The van der Waals surface area contributed by atoms with Crippen molar-refractivity contribution in [3.63, 3.8) is 0 Å². The summed E-state index contributed by atoms with van der Waals surface area (Å²) in [5.74, 6) is -4.09. The molecule has 1 fully saturated rings. The molecule has 0 spiro atoms. The number of para-hydroxylation sites is 2. The van der Waals surface area contributed by atoms with E-state index in [1.807, 2.05) is 0 Å². The molecule has 0 bridgehead atoms. The first kappa shape index (κ1) is 42.3. The van der Waals surface area contributed by atoms with Gasteiger partial charge in [-0.2, -0.15) is 4.57 Å². The molecule has 0 saturated carbocycles. The summed E-state index contributed by atoms with van der Waals surface area (Å²) in [4.78, 5) is 76.7. The summed E-state index contributed by atoms with van der Waals surface area (Å²) >= 11 is 0. The lowest BCUT2D eigenvalue weighted by molar-refractivity contribution is -0.385. The predicted octanol–water partition coefficient (Wildman–Crippen LogP) is 6.29. The molecule has 2 aliphatic heterocycles. The Morgan fingerprint density at radius 2 is 1.27 bits per heavy atom. The van der Waals surface area contributed by atoms with Crippen molar-refractivity contribution >= 4 is 43.1 Å². The Morgan fingerprint density at radius 3 is 1.75 bits per heavy atom. The van der Waals surface area contributed by atoms with Gasteiger partial charge in [0.25, 0.3) is 11.4 Å². The van der Waals surface area contributed by atoms with Crippen molar-refractivity contribution in [2.24, 2.45) is 11.8 Å². The number of benzene rings is 4. The smallest absolute Gasteiger partial charge is 0.456 e. The van der Waals surface area contributed by atoms with Gasteiger partial charge in [0.2, 0.25) is 11.8 Å². The first-order valence-corrected chi connectivity index (χ1v) is 19.8. The maximum atomic E-state index is 14.6. The topological polar surface area (TPSA) is 236 Å². The minimum Gasteiger partial charge on any atom is -0.456 e.